The minimum atomic E-state index is -0.509. The van der Waals surface area contributed by atoms with E-state index >= 15 is 0 Å². The molecule has 33 heavy (non-hydrogen) atoms. The van der Waals surface area contributed by atoms with Crippen LogP contribution in [0.5, 0.6) is 11.5 Å². The first-order valence-corrected chi connectivity index (χ1v) is 10.4. The van der Waals surface area contributed by atoms with Gasteiger partial charge >= 0.3 is 0 Å². The summed E-state index contributed by atoms with van der Waals surface area (Å²) in [4.78, 5) is 21.7. The second kappa shape index (κ2) is 9.28. The zero-order valence-corrected chi connectivity index (χ0v) is 18.3. The van der Waals surface area contributed by atoms with E-state index in [0.717, 1.165) is 0 Å². The van der Waals surface area contributed by atoms with Gasteiger partial charge in [-0.25, -0.2) is 0 Å². The zero-order chi connectivity index (χ0) is 23.5. The molecule has 0 atom stereocenters. The molecule has 4 aromatic rings. The van der Waals surface area contributed by atoms with E-state index in [0.29, 0.717) is 32.3 Å². The van der Waals surface area contributed by atoms with Gasteiger partial charge < -0.3 is 4.74 Å². The van der Waals surface area contributed by atoms with Crippen LogP contribution in [0.15, 0.2) is 84.9 Å². The standard InChI is InChI=1S/C24H14Cl2N2O5/c25-21-7-3-1-5-17(21)19-13-15(27(29)30)9-11-23(19)33-24-12-10-16(28(31)32)14-20(24)18-6-2-4-8-22(18)26/h1-14H. The molecule has 0 fully saturated rings. The number of halogens is 2. The van der Waals surface area contributed by atoms with Crippen LogP contribution in [0.4, 0.5) is 11.4 Å². The maximum Gasteiger partial charge on any atom is 0.270 e. The van der Waals surface area contributed by atoms with Crippen LogP contribution in [0.1, 0.15) is 0 Å². The lowest BCUT2D eigenvalue weighted by atomic mass is 10.0. The van der Waals surface area contributed by atoms with Gasteiger partial charge in [0.1, 0.15) is 11.5 Å². The number of rotatable bonds is 6. The minimum Gasteiger partial charge on any atom is -0.456 e. The van der Waals surface area contributed by atoms with E-state index in [2.05, 4.69) is 0 Å². The van der Waals surface area contributed by atoms with Crippen LogP contribution >= 0.6 is 23.2 Å². The molecule has 0 aliphatic carbocycles. The Morgan fingerprint density at radius 3 is 1.33 bits per heavy atom. The van der Waals surface area contributed by atoms with Crippen molar-refractivity contribution in [2.45, 2.75) is 0 Å². The quantitative estimate of drug-likeness (QED) is 0.206. The summed E-state index contributed by atoms with van der Waals surface area (Å²) in [6.07, 6.45) is 0. The number of non-ortho nitro benzene ring substituents is 2. The smallest absolute Gasteiger partial charge is 0.270 e. The number of nitro benzene ring substituents is 2. The molecular formula is C24H14Cl2N2O5. The van der Waals surface area contributed by atoms with Crippen molar-refractivity contribution >= 4 is 34.6 Å². The number of benzene rings is 4. The van der Waals surface area contributed by atoms with E-state index in [1.807, 2.05) is 0 Å². The first kappa shape index (κ1) is 22.3. The second-order valence-corrected chi connectivity index (χ2v) is 7.75. The van der Waals surface area contributed by atoms with Gasteiger partial charge in [-0.05, 0) is 24.3 Å². The maximum atomic E-state index is 11.4. The van der Waals surface area contributed by atoms with E-state index in [9.17, 15) is 20.2 Å². The molecule has 0 heterocycles. The molecule has 0 saturated heterocycles. The summed E-state index contributed by atoms with van der Waals surface area (Å²) in [5.74, 6) is 0.576. The maximum absolute atomic E-state index is 11.4. The highest BCUT2D eigenvalue weighted by atomic mass is 35.5. The Labute approximate surface area is 198 Å². The average Bonchev–Trinajstić information content (AvgIpc) is 2.80. The SMILES string of the molecule is O=[N+]([O-])c1ccc(Oc2ccc([N+](=O)[O-])cc2-c2ccccc2Cl)c(-c2ccccc2Cl)c1. The fourth-order valence-corrected chi connectivity index (χ4v) is 3.81. The first-order chi connectivity index (χ1) is 15.8. The molecule has 0 amide bonds. The van der Waals surface area contributed by atoms with Crippen LogP contribution < -0.4 is 4.74 Å². The Kier molecular flexibility index (Phi) is 6.26. The largest absolute Gasteiger partial charge is 0.456 e. The van der Waals surface area contributed by atoms with Crippen LogP contribution in [0.2, 0.25) is 10.0 Å². The van der Waals surface area contributed by atoms with Crippen LogP contribution in [-0.2, 0) is 0 Å². The molecule has 0 spiro atoms. The highest BCUT2D eigenvalue weighted by molar-refractivity contribution is 6.33. The summed E-state index contributed by atoms with van der Waals surface area (Å²) in [6.45, 7) is 0. The molecule has 4 rings (SSSR count). The molecule has 164 valence electrons. The molecule has 0 aromatic heterocycles. The van der Waals surface area contributed by atoms with E-state index in [-0.39, 0.29) is 22.9 Å². The van der Waals surface area contributed by atoms with E-state index in [4.69, 9.17) is 27.9 Å². The normalized spacial score (nSPS) is 10.6. The highest BCUT2D eigenvalue weighted by Gasteiger charge is 2.20. The molecule has 0 N–H and O–H groups in total. The van der Waals surface area contributed by atoms with Crippen LogP contribution in [0.3, 0.4) is 0 Å². The molecule has 0 bridgehead atoms. The van der Waals surface area contributed by atoms with Gasteiger partial charge in [0.25, 0.3) is 11.4 Å². The van der Waals surface area contributed by atoms with Crippen molar-refractivity contribution in [3.63, 3.8) is 0 Å². The summed E-state index contributed by atoms with van der Waals surface area (Å²) in [5.41, 5.74) is 1.62. The Morgan fingerprint density at radius 2 is 0.970 bits per heavy atom. The van der Waals surface area contributed by atoms with Crippen molar-refractivity contribution in [1.29, 1.82) is 0 Å². The lowest BCUT2D eigenvalue weighted by Crippen LogP contribution is -1.96. The number of hydrogen-bond donors (Lipinski definition) is 0. The highest BCUT2D eigenvalue weighted by Crippen LogP contribution is 2.43. The predicted octanol–water partition coefficient (Wildman–Crippen LogP) is 7.94. The molecule has 0 aliphatic rings. The summed E-state index contributed by atoms with van der Waals surface area (Å²) in [7, 11) is 0. The van der Waals surface area contributed by atoms with Crippen molar-refractivity contribution < 1.29 is 14.6 Å². The van der Waals surface area contributed by atoms with E-state index in [1.165, 1.54) is 36.4 Å². The lowest BCUT2D eigenvalue weighted by Gasteiger charge is -2.16. The molecule has 0 radical (unpaired) electrons. The van der Waals surface area contributed by atoms with Crippen molar-refractivity contribution in [3.8, 4) is 33.8 Å². The van der Waals surface area contributed by atoms with Gasteiger partial charge in [-0.3, -0.25) is 20.2 Å². The van der Waals surface area contributed by atoms with Crippen molar-refractivity contribution in [3.05, 3.63) is 115 Å². The molecule has 0 unspecified atom stereocenters. The fourth-order valence-electron chi connectivity index (χ4n) is 3.34. The topological polar surface area (TPSA) is 95.5 Å². The molecule has 9 heteroatoms. The van der Waals surface area contributed by atoms with E-state index in [1.54, 1.807) is 48.5 Å². The van der Waals surface area contributed by atoms with Crippen LogP contribution in [-0.4, -0.2) is 9.85 Å². The van der Waals surface area contributed by atoms with Crippen LogP contribution in [0.25, 0.3) is 22.3 Å². The average molecular weight is 481 g/mol. The van der Waals surface area contributed by atoms with Gasteiger partial charge in [0.2, 0.25) is 0 Å². The number of nitro groups is 2. The van der Waals surface area contributed by atoms with Gasteiger partial charge in [-0.15, -0.1) is 0 Å². The Bertz CT molecular complexity index is 1290. The van der Waals surface area contributed by atoms with E-state index < -0.39 is 9.85 Å². The van der Waals surface area contributed by atoms with Crippen molar-refractivity contribution in [2.75, 3.05) is 0 Å². The molecule has 7 nitrogen and oxygen atoms in total. The number of ether oxygens (including phenoxy) is 1. The third-order valence-electron chi connectivity index (χ3n) is 4.90. The molecule has 4 aromatic carbocycles. The summed E-state index contributed by atoms with van der Waals surface area (Å²) >= 11 is 12.7. The van der Waals surface area contributed by atoms with Gasteiger partial charge in [0, 0.05) is 56.6 Å². The van der Waals surface area contributed by atoms with Crippen LogP contribution in [0, 0.1) is 20.2 Å². The molecule has 0 aliphatic heterocycles. The zero-order valence-electron chi connectivity index (χ0n) is 16.8. The predicted molar refractivity (Wildman–Crippen MR) is 127 cm³/mol. The van der Waals surface area contributed by atoms with Gasteiger partial charge in [-0.2, -0.15) is 0 Å². The number of hydrogen-bond acceptors (Lipinski definition) is 5. The number of nitrogens with zero attached hydrogens (tertiary/aromatic N) is 2. The van der Waals surface area contributed by atoms with Crippen molar-refractivity contribution in [1.82, 2.24) is 0 Å². The monoisotopic (exact) mass is 480 g/mol. The molecular weight excluding hydrogens is 467 g/mol. The first-order valence-electron chi connectivity index (χ1n) is 9.59. The Hall–Kier alpha value is -3.94. The Balaban J connectivity index is 1.89. The van der Waals surface area contributed by atoms with Gasteiger partial charge in [0.05, 0.1) is 9.85 Å². The lowest BCUT2D eigenvalue weighted by molar-refractivity contribution is -0.385. The van der Waals surface area contributed by atoms with Crippen molar-refractivity contribution in [2.24, 2.45) is 0 Å². The summed E-state index contributed by atoms with van der Waals surface area (Å²) < 4.78 is 6.17. The Morgan fingerprint density at radius 1 is 0.576 bits per heavy atom. The summed E-state index contributed by atoms with van der Waals surface area (Å²) in [6, 6.07) is 22.1. The third kappa shape index (κ3) is 4.64. The summed E-state index contributed by atoms with van der Waals surface area (Å²) in [5, 5.41) is 23.5. The molecule has 0 saturated carbocycles. The minimum absolute atomic E-state index is 0.132. The van der Waals surface area contributed by atoms with Gasteiger partial charge in [-0.1, -0.05) is 59.6 Å². The third-order valence-corrected chi connectivity index (χ3v) is 5.56. The van der Waals surface area contributed by atoms with Gasteiger partial charge in [0.15, 0.2) is 0 Å². The second-order valence-electron chi connectivity index (χ2n) is 6.94. The fraction of sp³-hybridized carbons (Fsp3) is 0.